The molecule has 0 aliphatic heterocycles. The Morgan fingerprint density at radius 3 is 1.33 bits per heavy atom. The lowest BCUT2D eigenvalue weighted by molar-refractivity contribution is 1.07. The third-order valence-electron chi connectivity index (χ3n) is 3.08. The van der Waals surface area contributed by atoms with E-state index >= 15 is 0 Å². The van der Waals surface area contributed by atoms with E-state index in [-0.39, 0.29) is 0 Å². The van der Waals surface area contributed by atoms with E-state index < -0.39 is 0 Å². The molecule has 0 unspecified atom stereocenters. The van der Waals surface area contributed by atoms with Gasteiger partial charge in [-0.25, -0.2) is 0 Å². The summed E-state index contributed by atoms with van der Waals surface area (Å²) < 4.78 is 0. The largest absolute Gasteiger partial charge is 0.326 e. The Kier molecular flexibility index (Phi) is 3.92. The molecule has 0 amide bonds. The molecule has 0 radical (unpaired) electrons. The second-order valence-electron chi connectivity index (χ2n) is 4.28. The monoisotopic (exact) mass is 238 g/mol. The van der Waals surface area contributed by atoms with Gasteiger partial charge in [-0.3, -0.25) is 0 Å². The maximum atomic E-state index is 5.58. The van der Waals surface area contributed by atoms with Crippen LogP contribution in [-0.2, 0) is 13.1 Å². The van der Waals surface area contributed by atoms with E-state index in [9.17, 15) is 0 Å². The maximum absolute atomic E-state index is 5.58. The Hall–Kier alpha value is -1.90. The minimum Gasteiger partial charge on any atom is -0.326 e. The second-order valence-corrected chi connectivity index (χ2v) is 4.28. The van der Waals surface area contributed by atoms with Crippen molar-refractivity contribution in [1.29, 1.82) is 0 Å². The molecule has 0 aliphatic carbocycles. The normalized spacial score (nSPS) is 10.3. The highest BCUT2D eigenvalue weighted by Crippen LogP contribution is 2.22. The van der Waals surface area contributed by atoms with E-state index in [1.807, 2.05) is 24.3 Å². The van der Waals surface area contributed by atoms with Crippen molar-refractivity contribution in [2.45, 2.75) is 13.1 Å². The van der Waals surface area contributed by atoms with Crippen LogP contribution in [0.1, 0.15) is 22.3 Å². The van der Waals surface area contributed by atoms with Crippen molar-refractivity contribution in [3.05, 3.63) is 77.4 Å². The SMILES string of the molecule is C=C(c1ccc(CN)cc1)c1ccc(CN)cc1. The summed E-state index contributed by atoms with van der Waals surface area (Å²) >= 11 is 0. The molecule has 0 saturated heterocycles. The average Bonchev–Trinajstić information content (AvgIpc) is 2.47. The smallest absolute Gasteiger partial charge is 0.0178 e. The number of hydrogen-bond donors (Lipinski definition) is 2. The van der Waals surface area contributed by atoms with Crippen LogP contribution in [0.5, 0.6) is 0 Å². The lowest BCUT2D eigenvalue weighted by atomic mass is 9.98. The predicted molar refractivity (Wildman–Crippen MR) is 76.8 cm³/mol. The third kappa shape index (κ3) is 2.67. The van der Waals surface area contributed by atoms with E-state index in [0.717, 1.165) is 27.8 Å². The fraction of sp³-hybridized carbons (Fsp3) is 0.125. The van der Waals surface area contributed by atoms with Crippen molar-refractivity contribution in [2.75, 3.05) is 0 Å². The van der Waals surface area contributed by atoms with Gasteiger partial charge in [0, 0.05) is 13.1 Å². The zero-order chi connectivity index (χ0) is 13.0. The van der Waals surface area contributed by atoms with Gasteiger partial charge in [-0.1, -0.05) is 55.1 Å². The molecule has 0 aliphatic rings. The fourth-order valence-corrected chi connectivity index (χ4v) is 1.85. The van der Waals surface area contributed by atoms with Crippen LogP contribution in [0.3, 0.4) is 0 Å². The minimum atomic E-state index is 0.567. The molecule has 0 atom stereocenters. The van der Waals surface area contributed by atoms with Crippen LogP contribution in [0.15, 0.2) is 55.1 Å². The van der Waals surface area contributed by atoms with Crippen LogP contribution < -0.4 is 11.5 Å². The summed E-state index contributed by atoms with van der Waals surface area (Å²) in [6, 6.07) is 16.4. The first-order chi connectivity index (χ1) is 8.74. The lowest BCUT2D eigenvalue weighted by Crippen LogP contribution is -1.97. The Bertz CT molecular complexity index is 475. The van der Waals surface area contributed by atoms with Gasteiger partial charge < -0.3 is 11.5 Å². The highest BCUT2D eigenvalue weighted by molar-refractivity contribution is 5.78. The number of rotatable bonds is 4. The van der Waals surface area contributed by atoms with Crippen LogP contribution in [0.25, 0.3) is 5.57 Å². The molecule has 4 N–H and O–H groups in total. The fourth-order valence-electron chi connectivity index (χ4n) is 1.85. The zero-order valence-corrected chi connectivity index (χ0v) is 10.4. The van der Waals surface area contributed by atoms with E-state index in [1.54, 1.807) is 0 Å². The van der Waals surface area contributed by atoms with Crippen molar-refractivity contribution in [1.82, 2.24) is 0 Å². The molecular weight excluding hydrogens is 220 g/mol. The quantitative estimate of drug-likeness (QED) is 0.860. The van der Waals surface area contributed by atoms with Crippen molar-refractivity contribution in [2.24, 2.45) is 11.5 Å². The Morgan fingerprint density at radius 1 is 0.722 bits per heavy atom. The molecule has 0 saturated carbocycles. The summed E-state index contributed by atoms with van der Waals surface area (Å²) in [5, 5.41) is 0. The first-order valence-corrected chi connectivity index (χ1v) is 6.02. The predicted octanol–water partition coefficient (Wildman–Crippen LogP) is 2.67. The molecule has 0 fully saturated rings. The molecule has 92 valence electrons. The molecule has 2 aromatic carbocycles. The van der Waals surface area contributed by atoms with Crippen LogP contribution in [-0.4, -0.2) is 0 Å². The molecule has 2 rings (SSSR count). The highest BCUT2D eigenvalue weighted by atomic mass is 14.5. The van der Waals surface area contributed by atoms with Crippen molar-refractivity contribution < 1.29 is 0 Å². The molecule has 0 heterocycles. The van der Waals surface area contributed by atoms with Gasteiger partial charge in [0.25, 0.3) is 0 Å². The van der Waals surface area contributed by atoms with Crippen molar-refractivity contribution in [3.8, 4) is 0 Å². The topological polar surface area (TPSA) is 52.0 Å². The summed E-state index contributed by atoms with van der Waals surface area (Å²) in [6.07, 6.45) is 0. The molecule has 2 heteroatoms. The Balaban J connectivity index is 2.23. The molecule has 0 aromatic heterocycles. The molecule has 2 nitrogen and oxygen atoms in total. The lowest BCUT2D eigenvalue weighted by Gasteiger charge is -2.08. The summed E-state index contributed by atoms with van der Waals surface area (Å²) in [4.78, 5) is 0. The summed E-state index contributed by atoms with van der Waals surface area (Å²) in [5.74, 6) is 0. The number of benzene rings is 2. The molecular formula is C16H18N2. The highest BCUT2D eigenvalue weighted by Gasteiger charge is 2.02. The average molecular weight is 238 g/mol. The number of nitrogens with two attached hydrogens (primary N) is 2. The van der Waals surface area contributed by atoms with Gasteiger partial charge in [-0.05, 0) is 27.8 Å². The van der Waals surface area contributed by atoms with Gasteiger partial charge >= 0.3 is 0 Å². The van der Waals surface area contributed by atoms with Gasteiger partial charge in [0.05, 0.1) is 0 Å². The third-order valence-corrected chi connectivity index (χ3v) is 3.08. The van der Waals surface area contributed by atoms with E-state index in [1.165, 1.54) is 0 Å². The van der Waals surface area contributed by atoms with Crippen LogP contribution >= 0.6 is 0 Å². The van der Waals surface area contributed by atoms with Gasteiger partial charge in [0.2, 0.25) is 0 Å². The molecule has 0 bridgehead atoms. The van der Waals surface area contributed by atoms with E-state index in [2.05, 4.69) is 30.8 Å². The minimum absolute atomic E-state index is 0.567. The van der Waals surface area contributed by atoms with Crippen molar-refractivity contribution in [3.63, 3.8) is 0 Å². The molecule has 18 heavy (non-hydrogen) atoms. The standard InChI is InChI=1S/C16H18N2/c1-12(15-6-2-13(10-17)3-7-15)16-8-4-14(11-18)5-9-16/h2-9H,1,10-11,17-18H2. The van der Waals surface area contributed by atoms with Crippen LogP contribution in [0.2, 0.25) is 0 Å². The zero-order valence-electron chi connectivity index (χ0n) is 10.4. The van der Waals surface area contributed by atoms with Gasteiger partial charge in [0.1, 0.15) is 0 Å². The Labute approximate surface area is 108 Å². The maximum Gasteiger partial charge on any atom is 0.0178 e. The Morgan fingerprint density at radius 2 is 1.06 bits per heavy atom. The molecule has 2 aromatic rings. The van der Waals surface area contributed by atoms with Gasteiger partial charge in [-0.2, -0.15) is 0 Å². The molecule has 0 spiro atoms. The van der Waals surface area contributed by atoms with Gasteiger partial charge in [0.15, 0.2) is 0 Å². The number of hydrogen-bond acceptors (Lipinski definition) is 2. The van der Waals surface area contributed by atoms with Crippen molar-refractivity contribution >= 4 is 5.57 Å². The van der Waals surface area contributed by atoms with E-state index in [4.69, 9.17) is 11.5 Å². The summed E-state index contributed by atoms with van der Waals surface area (Å²) in [5.41, 5.74) is 16.7. The summed E-state index contributed by atoms with van der Waals surface area (Å²) in [7, 11) is 0. The van der Waals surface area contributed by atoms with Crippen LogP contribution in [0.4, 0.5) is 0 Å². The van der Waals surface area contributed by atoms with Gasteiger partial charge in [-0.15, -0.1) is 0 Å². The van der Waals surface area contributed by atoms with Crippen LogP contribution in [0, 0.1) is 0 Å². The first-order valence-electron chi connectivity index (χ1n) is 6.02. The van der Waals surface area contributed by atoms with E-state index in [0.29, 0.717) is 13.1 Å². The second kappa shape index (κ2) is 5.63. The first kappa shape index (κ1) is 12.6. The summed E-state index contributed by atoms with van der Waals surface area (Å²) in [6.45, 7) is 5.28.